The Morgan fingerprint density at radius 3 is 2.57 bits per heavy atom. The van der Waals surface area contributed by atoms with Crippen LogP contribution in [0.2, 0.25) is 0 Å². The minimum Gasteiger partial charge on any atom is -0.591 e. The van der Waals surface area contributed by atoms with E-state index in [2.05, 4.69) is 19.9 Å². The van der Waals surface area contributed by atoms with Gasteiger partial charge in [-0.25, -0.2) is 4.39 Å². The van der Waals surface area contributed by atoms with Crippen molar-refractivity contribution >= 4 is 28.2 Å². The van der Waals surface area contributed by atoms with Crippen LogP contribution in [0.15, 0.2) is 24.4 Å². The molecule has 1 aromatic heterocycles. The number of hydrogen-bond acceptors (Lipinski definition) is 4. The molecule has 2 unspecified atom stereocenters. The summed E-state index contributed by atoms with van der Waals surface area (Å²) in [5.41, 5.74) is -3.50. The fraction of sp³-hybridized carbons (Fsp3) is 0.625. The number of halogens is 4. The summed E-state index contributed by atoms with van der Waals surface area (Å²) >= 11 is -3.11. The van der Waals surface area contributed by atoms with Crippen LogP contribution in [0.25, 0.3) is 10.9 Å². The highest BCUT2D eigenvalue weighted by molar-refractivity contribution is 7.90. The molecule has 0 bridgehead atoms. The lowest BCUT2D eigenvalue weighted by Gasteiger charge is -2.38. The monoisotopic (exact) mass is 518 g/mol. The number of fused-ring (bicyclic) bond motifs is 1. The average Bonchev–Trinajstić information content (AvgIpc) is 3.15. The van der Waals surface area contributed by atoms with E-state index >= 15 is 0 Å². The first-order chi connectivity index (χ1) is 16.3. The minimum absolute atomic E-state index is 0.0377. The van der Waals surface area contributed by atoms with Gasteiger partial charge in [0.1, 0.15) is 5.82 Å². The number of aromatic nitrogens is 1. The van der Waals surface area contributed by atoms with Crippen LogP contribution in [0, 0.1) is 17.2 Å². The molecule has 35 heavy (non-hydrogen) atoms. The van der Waals surface area contributed by atoms with Gasteiger partial charge in [0.15, 0.2) is 11.4 Å². The molecular weight excluding hydrogens is 484 g/mol. The van der Waals surface area contributed by atoms with Crippen LogP contribution >= 0.6 is 0 Å². The Balaban J connectivity index is 1.41. The van der Waals surface area contributed by atoms with Gasteiger partial charge >= 0.3 is 5.51 Å². The second-order valence-corrected chi connectivity index (χ2v) is 11.5. The fourth-order valence-electron chi connectivity index (χ4n) is 4.34. The average molecular weight is 519 g/mol. The van der Waals surface area contributed by atoms with Crippen molar-refractivity contribution in [1.82, 2.24) is 19.9 Å². The Morgan fingerprint density at radius 2 is 1.94 bits per heavy atom. The van der Waals surface area contributed by atoms with E-state index in [1.54, 1.807) is 6.07 Å². The van der Waals surface area contributed by atoms with Crippen LogP contribution in [0.3, 0.4) is 0 Å². The summed E-state index contributed by atoms with van der Waals surface area (Å²) in [6, 6.07) is 3.98. The Hall–Kier alpha value is -1.82. The van der Waals surface area contributed by atoms with E-state index in [0.717, 1.165) is 29.3 Å². The third-order valence-electron chi connectivity index (χ3n) is 6.57. The Kier molecular flexibility index (Phi) is 9.11. The highest BCUT2D eigenvalue weighted by atomic mass is 32.2. The quantitative estimate of drug-likeness (QED) is 0.342. The van der Waals surface area contributed by atoms with Crippen molar-refractivity contribution in [2.45, 2.75) is 58.0 Å². The van der Waals surface area contributed by atoms with E-state index in [-0.39, 0.29) is 17.6 Å². The molecule has 2 atom stereocenters. The van der Waals surface area contributed by atoms with Crippen LogP contribution < -0.4 is 10.0 Å². The van der Waals surface area contributed by atoms with E-state index < -0.39 is 28.3 Å². The van der Waals surface area contributed by atoms with Crippen molar-refractivity contribution in [2.75, 3.05) is 26.2 Å². The van der Waals surface area contributed by atoms with Crippen molar-refractivity contribution in [3.63, 3.8) is 0 Å². The molecule has 11 heteroatoms. The maximum atomic E-state index is 13.5. The molecule has 2 heterocycles. The fourth-order valence-corrected chi connectivity index (χ4v) is 5.16. The van der Waals surface area contributed by atoms with Crippen molar-refractivity contribution in [2.24, 2.45) is 11.3 Å². The van der Waals surface area contributed by atoms with Crippen LogP contribution in [-0.4, -0.2) is 58.1 Å². The topological polar surface area (TPSA) is 83.2 Å². The summed E-state index contributed by atoms with van der Waals surface area (Å²) in [4.78, 5) is 17.6. The van der Waals surface area contributed by atoms with E-state index in [1.807, 2.05) is 27.0 Å². The highest BCUT2D eigenvalue weighted by Crippen LogP contribution is 2.28. The van der Waals surface area contributed by atoms with E-state index in [0.29, 0.717) is 39.0 Å². The number of carbonyl (C=O) groups excluding carboxylic acids is 1. The number of rotatable bonds is 9. The van der Waals surface area contributed by atoms with Gasteiger partial charge in [-0.2, -0.15) is 0 Å². The number of likely N-dealkylation sites (tertiary alicyclic amines) is 1. The second-order valence-electron chi connectivity index (χ2n) is 10.3. The van der Waals surface area contributed by atoms with E-state index in [1.165, 1.54) is 12.1 Å². The number of nitrogens with zero attached hydrogens (tertiary/aromatic N) is 1. The number of hydrogen-bond donors (Lipinski definition) is 3. The summed E-state index contributed by atoms with van der Waals surface area (Å²) in [6.45, 7) is 7.62. The lowest BCUT2D eigenvalue weighted by molar-refractivity contribution is -0.122. The number of alkyl halides is 3. The Morgan fingerprint density at radius 1 is 1.26 bits per heavy atom. The summed E-state index contributed by atoms with van der Waals surface area (Å²) in [5, 5.41) is 3.75. The van der Waals surface area contributed by atoms with Gasteiger partial charge in [-0.3, -0.25) is 4.79 Å². The molecule has 1 aliphatic rings. The van der Waals surface area contributed by atoms with Gasteiger partial charge in [0.2, 0.25) is 5.91 Å². The first-order valence-electron chi connectivity index (χ1n) is 11.8. The molecule has 0 spiro atoms. The highest BCUT2D eigenvalue weighted by Gasteiger charge is 2.48. The maximum absolute atomic E-state index is 13.5. The summed E-state index contributed by atoms with van der Waals surface area (Å²) in [6.07, 6.45) is 4.36. The molecule has 6 nitrogen and oxygen atoms in total. The van der Waals surface area contributed by atoms with Gasteiger partial charge in [-0.05, 0) is 67.4 Å². The molecule has 1 fully saturated rings. The van der Waals surface area contributed by atoms with Crippen molar-refractivity contribution in [1.29, 1.82) is 0 Å². The molecule has 1 amide bonds. The normalized spacial score (nSPS) is 18.1. The smallest absolute Gasteiger partial charge is 0.591 e. The van der Waals surface area contributed by atoms with Gasteiger partial charge in [-0.1, -0.05) is 20.8 Å². The van der Waals surface area contributed by atoms with Gasteiger partial charge in [0.25, 0.3) is 0 Å². The van der Waals surface area contributed by atoms with Crippen LogP contribution in [-0.2, 0) is 22.6 Å². The van der Waals surface area contributed by atoms with E-state index in [4.69, 9.17) is 0 Å². The standard InChI is InChI=1S/C24H34F4N4O2S/c1-23(2,3)21(31-35(34)24(26,27)28)15-32-10-7-16(8-11-32)12-22(33)29-9-6-17-14-30-20-5-4-18(25)13-19(17)20/h4-5,13-14,16,21,30-31H,6-12,15H2,1-3H3,(H,29,33). The zero-order chi connectivity index (χ0) is 25.8. The third kappa shape index (κ3) is 8.09. The predicted molar refractivity (Wildman–Crippen MR) is 129 cm³/mol. The number of nitrogens with one attached hydrogen (secondary N) is 3. The number of amides is 1. The lowest BCUT2D eigenvalue weighted by atomic mass is 9.86. The second kappa shape index (κ2) is 11.5. The molecule has 196 valence electrons. The first kappa shape index (κ1) is 27.8. The SMILES string of the molecule is CC(C)(C)C(CN1CCC(CC(=O)NCCc2c[nH]c3ccc(F)cc23)CC1)N[S+]([O-])C(F)(F)F. The molecule has 0 saturated carbocycles. The van der Waals surface area contributed by atoms with Crippen LogP contribution in [0.5, 0.6) is 0 Å². The summed E-state index contributed by atoms with van der Waals surface area (Å²) < 4.78 is 65.7. The molecule has 0 aliphatic carbocycles. The van der Waals surface area contributed by atoms with Gasteiger partial charge in [-0.15, -0.1) is 17.9 Å². The maximum Gasteiger partial charge on any atom is 0.592 e. The van der Waals surface area contributed by atoms with Crippen molar-refractivity contribution in [3.05, 3.63) is 35.8 Å². The molecule has 3 rings (SSSR count). The third-order valence-corrected chi connectivity index (χ3v) is 7.49. The van der Waals surface area contributed by atoms with Gasteiger partial charge in [0.05, 0.1) is 6.04 Å². The Bertz CT molecular complexity index is 984. The van der Waals surface area contributed by atoms with Crippen molar-refractivity contribution < 1.29 is 26.9 Å². The molecule has 1 aromatic carbocycles. The van der Waals surface area contributed by atoms with Gasteiger partial charge in [0, 0.05) is 36.6 Å². The zero-order valence-corrected chi connectivity index (χ0v) is 21.1. The zero-order valence-electron chi connectivity index (χ0n) is 20.3. The number of aromatic amines is 1. The summed E-state index contributed by atoms with van der Waals surface area (Å²) in [7, 11) is 0. The van der Waals surface area contributed by atoms with Crippen LogP contribution in [0.1, 0.15) is 45.6 Å². The molecule has 1 aliphatic heterocycles. The number of piperidine rings is 1. The first-order valence-corrected chi connectivity index (χ1v) is 13.0. The van der Waals surface area contributed by atoms with Crippen molar-refractivity contribution in [3.8, 4) is 0 Å². The largest absolute Gasteiger partial charge is 0.592 e. The molecule has 1 saturated heterocycles. The van der Waals surface area contributed by atoms with Crippen LogP contribution in [0.4, 0.5) is 17.6 Å². The van der Waals surface area contributed by atoms with E-state index in [9.17, 15) is 26.9 Å². The molecule has 2 aromatic rings. The van der Waals surface area contributed by atoms with Gasteiger partial charge < -0.3 is 19.8 Å². The molecular formula is C24H34F4N4O2S. The number of benzene rings is 1. The number of carbonyl (C=O) groups is 1. The predicted octanol–water partition coefficient (Wildman–Crippen LogP) is 4.26. The minimum atomic E-state index is -4.80. The summed E-state index contributed by atoms with van der Waals surface area (Å²) in [5.74, 6) is -0.130. The molecule has 3 N–H and O–H groups in total. The Labute approximate surface area is 206 Å². The lowest BCUT2D eigenvalue weighted by Crippen LogP contribution is -2.54. The number of H-pyrrole nitrogens is 1. The molecule has 0 radical (unpaired) electrons.